The number of esters is 1. The van der Waals surface area contributed by atoms with E-state index in [1.54, 1.807) is 75.4 Å². The number of nitrogens with zero attached hydrogens (tertiary/aromatic N) is 2. The van der Waals surface area contributed by atoms with E-state index in [2.05, 4.69) is 15.6 Å². The zero-order valence-corrected chi connectivity index (χ0v) is 25.6. The number of fused-ring (bicyclic) bond motifs is 1. The first-order chi connectivity index (χ1) is 21.3. The number of hydrogen-bond donors (Lipinski definition) is 4. The molecule has 2 heterocycles. The van der Waals surface area contributed by atoms with Crippen LogP contribution in [0.1, 0.15) is 56.0 Å². The van der Waals surface area contributed by atoms with Crippen molar-refractivity contribution >= 4 is 40.5 Å². The first-order valence-corrected chi connectivity index (χ1v) is 14.8. The number of likely N-dealkylation sites (tertiary alicyclic amines) is 1. The Morgan fingerprint density at radius 1 is 1.04 bits per heavy atom. The fraction of sp³-hybridized carbons (Fsp3) is 0.394. The number of carbonyl (C=O) groups is 5. The molecule has 45 heavy (non-hydrogen) atoms. The van der Waals surface area contributed by atoms with Crippen LogP contribution in [0, 0.1) is 0 Å². The van der Waals surface area contributed by atoms with E-state index in [1.165, 1.54) is 11.1 Å². The highest BCUT2D eigenvalue weighted by Crippen LogP contribution is 2.23. The van der Waals surface area contributed by atoms with Crippen LogP contribution in [0.25, 0.3) is 10.9 Å². The molecule has 3 aromatic rings. The van der Waals surface area contributed by atoms with Crippen LogP contribution in [0.2, 0.25) is 0 Å². The Labute approximate surface area is 261 Å². The lowest BCUT2D eigenvalue weighted by molar-refractivity contribution is -0.165. The molecule has 0 saturated carbocycles. The molecule has 1 aliphatic rings. The van der Waals surface area contributed by atoms with Crippen molar-refractivity contribution in [1.82, 2.24) is 20.5 Å². The Hall–Kier alpha value is -4.84. The van der Waals surface area contributed by atoms with Crippen LogP contribution in [0.3, 0.4) is 0 Å². The van der Waals surface area contributed by atoms with E-state index in [9.17, 15) is 29.1 Å². The van der Waals surface area contributed by atoms with E-state index in [0.717, 1.165) is 0 Å². The molecule has 12 heteroatoms. The van der Waals surface area contributed by atoms with Crippen LogP contribution in [0.15, 0.2) is 66.9 Å². The Morgan fingerprint density at radius 3 is 2.42 bits per heavy atom. The topological polar surface area (TPSA) is 181 Å². The summed E-state index contributed by atoms with van der Waals surface area (Å²) >= 11 is 0. The number of nitrogens with one attached hydrogen (secondary N) is 2. The lowest BCUT2D eigenvalue weighted by Gasteiger charge is -2.32. The van der Waals surface area contributed by atoms with Gasteiger partial charge in [-0.05, 0) is 57.7 Å². The summed E-state index contributed by atoms with van der Waals surface area (Å²) in [6, 6.07) is 14.2. The van der Waals surface area contributed by atoms with Crippen LogP contribution < -0.4 is 16.4 Å². The molecule has 1 saturated heterocycles. The monoisotopic (exact) mass is 617 g/mol. The Bertz CT molecular complexity index is 1560. The molecule has 4 rings (SSSR count). The van der Waals surface area contributed by atoms with Gasteiger partial charge >= 0.3 is 5.97 Å². The summed E-state index contributed by atoms with van der Waals surface area (Å²) in [6.07, 6.45) is 0.0126. The molecule has 1 aliphatic heterocycles. The predicted molar refractivity (Wildman–Crippen MR) is 165 cm³/mol. The number of hydrogen-bond acceptors (Lipinski definition) is 8. The van der Waals surface area contributed by atoms with Crippen molar-refractivity contribution in [2.24, 2.45) is 5.73 Å². The molecule has 0 unspecified atom stereocenters. The highest BCUT2D eigenvalue weighted by Gasteiger charge is 2.41. The number of nitrogens with two attached hydrogens (primary N) is 1. The number of aliphatic hydroxyl groups is 1. The first kappa shape index (κ1) is 33.1. The molecule has 0 radical (unpaired) electrons. The van der Waals surface area contributed by atoms with Gasteiger partial charge in [-0.25, -0.2) is 4.79 Å². The third kappa shape index (κ3) is 8.85. The molecule has 4 atom stereocenters. The molecule has 0 spiro atoms. The lowest BCUT2D eigenvalue weighted by Crippen LogP contribution is -2.58. The number of para-hydroxylation sites is 1. The molecule has 1 fully saturated rings. The van der Waals surface area contributed by atoms with E-state index in [1.807, 2.05) is 6.07 Å². The number of benzene rings is 2. The average Bonchev–Trinajstić information content (AvgIpc) is 3.49. The molecule has 2 aromatic carbocycles. The summed E-state index contributed by atoms with van der Waals surface area (Å²) in [5, 5.41) is 17.3. The molecule has 12 nitrogen and oxygen atoms in total. The van der Waals surface area contributed by atoms with Gasteiger partial charge in [0.2, 0.25) is 11.8 Å². The van der Waals surface area contributed by atoms with Gasteiger partial charge < -0.3 is 31.1 Å². The van der Waals surface area contributed by atoms with Gasteiger partial charge in [0.15, 0.2) is 6.10 Å². The summed E-state index contributed by atoms with van der Waals surface area (Å²) in [4.78, 5) is 70.7. The second-order valence-electron chi connectivity index (χ2n) is 12.1. The van der Waals surface area contributed by atoms with Crippen LogP contribution >= 0.6 is 0 Å². The Morgan fingerprint density at radius 2 is 1.73 bits per heavy atom. The van der Waals surface area contributed by atoms with E-state index in [0.29, 0.717) is 29.3 Å². The normalized spacial score (nSPS) is 16.8. The SMILES string of the molecule is CC(C)(C)OC(=O)[C@@H]1CCCN1C(=O)[C@@H](O)[C@H](Cc1ccccc1)NC(=O)[C@H](CC(N)=O)NC(=O)c1cnc2ccccc2c1. The van der Waals surface area contributed by atoms with Gasteiger partial charge in [0, 0.05) is 18.1 Å². The summed E-state index contributed by atoms with van der Waals surface area (Å²) in [7, 11) is 0. The zero-order valence-electron chi connectivity index (χ0n) is 25.6. The molecular formula is C33H39N5O7. The van der Waals surface area contributed by atoms with Crippen molar-refractivity contribution in [1.29, 1.82) is 0 Å². The fourth-order valence-corrected chi connectivity index (χ4v) is 5.23. The number of ether oxygens (including phenoxy) is 1. The van der Waals surface area contributed by atoms with Gasteiger partial charge in [-0.2, -0.15) is 0 Å². The number of primary amides is 1. The summed E-state index contributed by atoms with van der Waals surface area (Å²) in [5.74, 6) is -3.66. The molecular weight excluding hydrogens is 578 g/mol. The summed E-state index contributed by atoms with van der Waals surface area (Å²) in [6.45, 7) is 5.41. The third-order valence-electron chi connectivity index (χ3n) is 7.35. The van der Waals surface area contributed by atoms with Crippen LogP contribution in [0.4, 0.5) is 0 Å². The van der Waals surface area contributed by atoms with Crippen LogP contribution in [-0.2, 0) is 30.3 Å². The van der Waals surface area contributed by atoms with Gasteiger partial charge in [0.1, 0.15) is 17.7 Å². The number of carbonyl (C=O) groups excluding carboxylic acids is 5. The zero-order chi connectivity index (χ0) is 32.7. The maximum absolute atomic E-state index is 13.6. The minimum absolute atomic E-state index is 0.0380. The molecule has 5 N–H and O–H groups in total. The second kappa shape index (κ2) is 14.3. The van der Waals surface area contributed by atoms with Crippen molar-refractivity contribution in [3.8, 4) is 0 Å². The maximum Gasteiger partial charge on any atom is 0.329 e. The first-order valence-electron chi connectivity index (χ1n) is 14.8. The van der Waals surface area contributed by atoms with Gasteiger partial charge in [-0.15, -0.1) is 0 Å². The van der Waals surface area contributed by atoms with E-state index >= 15 is 0 Å². The lowest BCUT2D eigenvalue weighted by atomic mass is 9.99. The predicted octanol–water partition coefficient (Wildman–Crippen LogP) is 1.63. The largest absolute Gasteiger partial charge is 0.458 e. The van der Waals surface area contributed by atoms with Gasteiger partial charge in [0.05, 0.1) is 23.5 Å². The van der Waals surface area contributed by atoms with Crippen molar-refractivity contribution in [3.05, 3.63) is 78.0 Å². The van der Waals surface area contributed by atoms with Crippen LogP contribution in [0.5, 0.6) is 0 Å². The third-order valence-corrected chi connectivity index (χ3v) is 7.35. The standard InChI is InChI=1S/C33H39N5O7/c1-33(2,3)45-32(44)26-14-9-15-38(26)31(43)28(40)24(16-20-10-5-4-6-11-20)36-30(42)25(18-27(34)39)37-29(41)22-17-21-12-7-8-13-23(21)35-19-22/h4-8,10-13,17,19,24-26,28,40H,9,14-16,18H2,1-3H3,(H2,34,39)(H,36,42)(H,37,41)/t24-,25-,26-,28-/m0/s1. The Balaban J connectivity index is 1.55. The molecule has 0 bridgehead atoms. The highest BCUT2D eigenvalue weighted by atomic mass is 16.6. The molecule has 4 amide bonds. The van der Waals surface area contributed by atoms with Crippen LogP contribution in [-0.4, -0.2) is 81.0 Å². The molecule has 1 aromatic heterocycles. The van der Waals surface area contributed by atoms with E-state index < -0.39 is 65.8 Å². The summed E-state index contributed by atoms with van der Waals surface area (Å²) < 4.78 is 5.50. The van der Waals surface area contributed by atoms with Crippen molar-refractivity contribution < 1.29 is 33.8 Å². The number of pyridine rings is 1. The minimum atomic E-state index is -1.76. The quantitative estimate of drug-likeness (QED) is 0.234. The van der Waals surface area contributed by atoms with Gasteiger partial charge in [-0.1, -0.05) is 48.5 Å². The minimum Gasteiger partial charge on any atom is -0.458 e. The van der Waals surface area contributed by atoms with E-state index in [4.69, 9.17) is 10.5 Å². The smallest absolute Gasteiger partial charge is 0.329 e. The van der Waals surface area contributed by atoms with Gasteiger partial charge in [-0.3, -0.25) is 24.2 Å². The average molecular weight is 618 g/mol. The number of amides is 4. The number of aliphatic hydroxyl groups excluding tert-OH is 1. The van der Waals surface area contributed by atoms with Gasteiger partial charge in [0.25, 0.3) is 11.8 Å². The number of rotatable bonds is 11. The summed E-state index contributed by atoms with van der Waals surface area (Å²) in [5.41, 5.74) is 6.19. The van der Waals surface area contributed by atoms with Crippen molar-refractivity contribution in [2.75, 3.05) is 6.54 Å². The number of aromatic nitrogens is 1. The fourth-order valence-electron chi connectivity index (χ4n) is 5.23. The molecule has 0 aliphatic carbocycles. The second-order valence-corrected chi connectivity index (χ2v) is 12.1. The highest BCUT2D eigenvalue weighted by molar-refractivity contribution is 6.01. The van der Waals surface area contributed by atoms with E-state index in [-0.39, 0.29) is 18.5 Å². The maximum atomic E-state index is 13.6. The van der Waals surface area contributed by atoms with Crippen molar-refractivity contribution in [2.45, 2.75) is 76.3 Å². The Kier molecular flexibility index (Phi) is 10.5. The van der Waals surface area contributed by atoms with Crippen molar-refractivity contribution in [3.63, 3.8) is 0 Å². The molecule has 238 valence electrons.